The Labute approximate surface area is 197 Å². The largest absolute Gasteiger partial charge is 0.481 e. The van der Waals surface area contributed by atoms with Crippen LogP contribution in [0.25, 0.3) is 0 Å². The van der Waals surface area contributed by atoms with Crippen LogP contribution in [0.2, 0.25) is 0 Å². The van der Waals surface area contributed by atoms with Crippen molar-refractivity contribution >= 4 is 21.5 Å². The van der Waals surface area contributed by atoms with Gasteiger partial charge in [0.2, 0.25) is 0 Å². The molecule has 0 aliphatic carbocycles. The molecule has 0 saturated carbocycles. The molecule has 0 aliphatic rings. The second kappa shape index (κ2) is 11.6. The number of unbranched alkanes of at least 4 members (excludes halogenated alkanes) is 1. The van der Waals surface area contributed by atoms with Crippen molar-refractivity contribution in [1.29, 1.82) is 0 Å². The maximum atomic E-state index is 13.6. The molecule has 0 amide bonds. The topological polar surface area (TPSA) is 111 Å². The van der Waals surface area contributed by atoms with E-state index < -0.39 is 15.8 Å². The summed E-state index contributed by atoms with van der Waals surface area (Å²) in [5.41, 5.74) is 2.05. The van der Waals surface area contributed by atoms with E-state index in [0.717, 1.165) is 11.8 Å². The fraction of sp³-hybridized carbons (Fsp3) is 0.292. The van der Waals surface area contributed by atoms with Crippen molar-refractivity contribution in [3.05, 3.63) is 84.2 Å². The summed E-state index contributed by atoms with van der Waals surface area (Å²) < 4.78 is 39.0. The maximum absolute atomic E-state index is 13.6. The van der Waals surface area contributed by atoms with Crippen LogP contribution in [-0.2, 0) is 25.9 Å². The fourth-order valence-corrected chi connectivity index (χ4v) is 4.01. The van der Waals surface area contributed by atoms with Gasteiger partial charge < -0.3 is 14.5 Å². The summed E-state index contributed by atoms with van der Waals surface area (Å²) in [5.74, 6) is -1.24. The zero-order valence-electron chi connectivity index (χ0n) is 18.7. The van der Waals surface area contributed by atoms with Gasteiger partial charge in [0.1, 0.15) is 18.1 Å². The third-order valence-corrected chi connectivity index (χ3v) is 6.29. The van der Waals surface area contributed by atoms with E-state index in [1.54, 1.807) is 55.1 Å². The number of carboxylic acids is 1. The summed E-state index contributed by atoms with van der Waals surface area (Å²) in [7, 11) is -3.31. The molecule has 0 radical (unpaired) electrons. The molecule has 1 N–H and O–H groups in total. The SMILES string of the molecule is CS(=O)(=O)c1ccc(CC(/C(=N\OCCCCC(=O)O)c2ccc(F)cc2)n2ccnc2)cc1. The molecular formula is C24H26FN3O5S. The van der Waals surface area contributed by atoms with E-state index in [4.69, 9.17) is 9.94 Å². The van der Waals surface area contributed by atoms with Crippen LogP contribution in [0.3, 0.4) is 0 Å². The number of hydrogen-bond donors (Lipinski definition) is 1. The molecule has 1 aromatic heterocycles. The summed E-state index contributed by atoms with van der Waals surface area (Å²) >= 11 is 0. The number of carboxylic acid groups (broad SMARTS) is 1. The van der Waals surface area contributed by atoms with Gasteiger partial charge in [-0.1, -0.05) is 29.4 Å². The Morgan fingerprint density at radius 1 is 1.15 bits per heavy atom. The first-order chi connectivity index (χ1) is 16.2. The predicted octanol–water partition coefficient (Wildman–Crippen LogP) is 3.89. The van der Waals surface area contributed by atoms with Crippen LogP contribution in [0.15, 0.2) is 77.3 Å². The van der Waals surface area contributed by atoms with E-state index in [-0.39, 0.29) is 29.8 Å². The van der Waals surface area contributed by atoms with Gasteiger partial charge in [0.15, 0.2) is 9.84 Å². The number of oxime groups is 1. The van der Waals surface area contributed by atoms with Crippen molar-refractivity contribution in [2.24, 2.45) is 5.16 Å². The third-order valence-electron chi connectivity index (χ3n) is 5.16. The van der Waals surface area contributed by atoms with Gasteiger partial charge in [0, 0.05) is 30.6 Å². The average Bonchev–Trinajstić information content (AvgIpc) is 3.32. The Balaban J connectivity index is 1.89. The van der Waals surface area contributed by atoms with E-state index in [1.807, 2.05) is 4.57 Å². The zero-order valence-corrected chi connectivity index (χ0v) is 19.5. The maximum Gasteiger partial charge on any atom is 0.303 e. The van der Waals surface area contributed by atoms with Crippen LogP contribution >= 0.6 is 0 Å². The van der Waals surface area contributed by atoms with E-state index in [0.29, 0.717) is 30.5 Å². The molecule has 1 unspecified atom stereocenters. The Kier molecular flexibility index (Phi) is 8.53. The van der Waals surface area contributed by atoms with Crippen molar-refractivity contribution in [3.8, 4) is 0 Å². The van der Waals surface area contributed by atoms with E-state index in [9.17, 15) is 17.6 Å². The van der Waals surface area contributed by atoms with Crippen LogP contribution in [0, 0.1) is 5.82 Å². The molecule has 0 bridgehead atoms. The molecule has 0 saturated heterocycles. The highest BCUT2D eigenvalue weighted by Gasteiger charge is 2.22. The molecule has 3 rings (SSSR count). The number of rotatable bonds is 12. The molecule has 1 heterocycles. The normalized spacial score (nSPS) is 12.9. The highest BCUT2D eigenvalue weighted by molar-refractivity contribution is 7.90. The third kappa shape index (κ3) is 7.24. The summed E-state index contributed by atoms with van der Waals surface area (Å²) in [4.78, 5) is 20.6. The van der Waals surface area contributed by atoms with E-state index >= 15 is 0 Å². The lowest BCUT2D eigenvalue weighted by atomic mass is 9.96. The minimum atomic E-state index is -3.31. The molecule has 0 aliphatic heterocycles. The number of aromatic nitrogens is 2. The molecule has 0 spiro atoms. The summed E-state index contributed by atoms with van der Waals surface area (Å²) in [6.45, 7) is 0.234. The van der Waals surface area contributed by atoms with Crippen molar-refractivity contribution in [1.82, 2.24) is 9.55 Å². The van der Waals surface area contributed by atoms with Gasteiger partial charge in [-0.25, -0.2) is 17.8 Å². The summed E-state index contributed by atoms with van der Waals surface area (Å²) in [6, 6.07) is 12.1. The first kappa shape index (κ1) is 25.1. The number of sulfone groups is 1. The summed E-state index contributed by atoms with van der Waals surface area (Å²) in [5, 5.41) is 13.1. The average molecular weight is 488 g/mol. The second-order valence-electron chi connectivity index (χ2n) is 7.81. The van der Waals surface area contributed by atoms with E-state index in [1.165, 1.54) is 12.1 Å². The zero-order chi connectivity index (χ0) is 24.6. The number of hydrogen-bond acceptors (Lipinski definition) is 6. The Hall–Kier alpha value is -3.53. The first-order valence-electron chi connectivity index (χ1n) is 10.7. The Morgan fingerprint density at radius 3 is 2.44 bits per heavy atom. The van der Waals surface area contributed by atoms with Crippen LogP contribution < -0.4 is 0 Å². The summed E-state index contributed by atoms with van der Waals surface area (Å²) in [6.07, 6.45) is 7.70. The highest BCUT2D eigenvalue weighted by Crippen LogP contribution is 2.23. The van der Waals surface area contributed by atoms with Crippen molar-refractivity contribution in [2.45, 2.75) is 36.6 Å². The van der Waals surface area contributed by atoms with Gasteiger partial charge in [0.25, 0.3) is 0 Å². The number of aliphatic carboxylic acids is 1. The first-order valence-corrected chi connectivity index (χ1v) is 12.6. The molecule has 10 heteroatoms. The molecular weight excluding hydrogens is 461 g/mol. The standard InChI is InChI=1S/C24H26FN3O5S/c1-34(31,32)21-11-5-18(6-12-21)16-22(28-14-13-26-17-28)24(19-7-9-20(25)10-8-19)27-33-15-3-2-4-23(29)30/h5-14,17,22H,2-4,15-16H2,1H3,(H,29,30)/b27-24-. The lowest BCUT2D eigenvalue weighted by Gasteiger charge is -2.21. The number of halogens is 1. The van der Waals surface area contributed by atoms with Gasteiger partial charge in [-0.2, -0.15) is 0 Å². The number of carbonyl (C=O) groups is 1. The highest BCUT2D eigenvalue weighted by atomic mass is 32.2. The molecule has 1 atom stereocenters. The molecule has 0 fully saturated rings. The van der Waals surface area contributed by atoms with E-state index in [2.05, 4.69) is 10.1 Å². The number of benzene rings is 2. The van der Waals surface area contributed by atoms with Crippen LogP contribution in [0.1, 0.15) is 36.4 Å². The Bertz CT molecular complexity index is 1210. The number of imidazole rings is 1. The molecule has 2 aromatic carbocycles. The van der Waals surface area contributed by atoms with Gasteiger partial charge in [0.05, 0.1) is 17.3 Å². The van der Waals surface area contributed by atoms with Crippen LogP contribution in [0.5, 0.6) is 0 Å². The quantitative estimate of drug-likeness (QED) is 0.236. The predicted molar refractivity (Wildman–Crippen MR) is 125 cm³/mol. The number of nitrogens with zero attached hydrogens (tertiary/aromatic N) is 3. The van der Waals surface area contributed by atoms with Gasteiger partial charge in [-0.15, -0.1) is 0 Å². The Morgan fingerprint density at radius 2 is 1.85 bits per heavy atom. The lowest BCUT2D eigenvalue weighted by molar-refractivity contribution is -0.137. The van der Waals surface area contributed by atoms with Crippen LogP contribution in [-0.4, -0.2) is 47.6 Å². The van der Waals surface area contributed by atoms with Crippen molar-refractivity contribution in [2.75, 3.05) is 12.9 Å². The van der Waals surface area contributed by atoms with Gasteiger partial charge in [-0.3, -0.25) is 4.79 Å². The van der Waals surface area contributed by atoms with Gasteiger partial charge in [-0.05, 0) is 49.1 Å². The second-order valence-corrected chi connectivity index (χ2v) is 9.83. The molecule has 8 nitrogen and oxygen atoms in total. The van der Waals surface area contributed by atoms with Crippen molar-refractivity contribution < 1.29 is 27.5 Å². The lowest BCUT2D eigenvalue weighted by Crippen LogP contribution is -2.23. The molecule has 34 heavy (non-hydrogen) atoms. The fourth-order valence-electron chi connectivity index (χ4n) is 3.38. The molecule has 180 valence electrons. The minimum Gasteiger partial charge on any atom is -0.481 e. The van der Waals surface area contributed by atoms with Crippen molar-refractivity contribution in [3.63, 3.8) is 0 Å². The monoisotopic (exact) mass is 487 g/mol. The van der Waals surface area contributed by atoms with Gasteiger partial charge >= 0.3 is 5.97 Å². The smallest absolute Gasteiger partial charge is 0.303 e. The minimum absolute atomic E-state index is 0.0546. The van der Waals surface area contributed by atoms with Crippen LogP contribution in [0.4, 0.5) is 4.39 Å². The molecule has 3 aromatic rings.